The first kappa shape index (κ1) is 17.2. The van der Waals surface area contributed by atoms with Crippen LogP contribution in [0.25, 0.3) is 0 Å². The molecule has 1 aliphatic heterocycles. The zero-order chi connectivity index (χ0) is 17.6. The molecule has 2 aromatic carbocycles. The molecule has 1 saturated heterocycles. The minimum Gasteiger partial charge on any atom is -0.459 e. The fourth-order valence-corrected chi connectivity index (χ4v) is 2.79. The highest BCUT2D eigenvalue weighted by atomic mass is 16.6. The highest BCUT2D eigenvalue weighted by molar-refractivity contribution is 5.90. The summed E-state index contributed by atoms with van der Waals surface area (Å²) in [7, 11) is 0. The van der Waals surface area contributed by atoms with Gasteiger partial charge in [0.2, 0.25) is 0 Å². The van der Waals surface area contributed by atoms with Gasteiger partial charge in [-0.25, -0.2) is 9.59 Å². The van der Waals surface area contributed by atoms with Crippen molar-refractivity contribution in [2.24, 2.45) is 0 Å². The standard InChI is InChI=1S/C20H20O5/c1-14-12-17(25-20(22)16-10-6-3-7-11-16)18(24-14)13-23-19(21)15-8-4-2-5-9-15/h2-11,14,17-18H,12-13H2,1H3/t14-,17?,18+/m1/s1. The largest absolute Gasteiger partial charge is 0.459 e. The van der Waals surface area contributed by atoms with Gasteiger partial charge in [0.15, 0.2) is 0 Å². The second-order valence-corrected chi connectivity index (χ2v) is 6.00. The first-order valence-electron chi connectivity index (χ1n) is 8.27. The lowest BCUT2D eigenvalue weighted by Crippen LogP contribution is -2.32. The molecule has 0 N–H and O–H groups in total. The minimum absolute atomic E-state index is 0.0464. The van der Waals surface area contributed by atoms with Gasteiger partial charge in [0, 0.05) is 6.42 Å². The van der Waals surface area contributed by atoms with Crippen molar-refractivity contribution in [3.8, 4) is 0 Å². The van der Waals surface area contributed by atoms with Gasteiger partial charge in [-0.3, -0.25) is 0 Å². The normalized spacial score (nSPS) is 22.4. The number of hydrogen-bond acceptors (Lipinski definition) is 5. The SMILES string of the molecule is C[C@@H]1CC(OC(=O)c2ccccc2)[C@H](COC(=O)c2ccccc2)O1. The van der Waals surface area contributed by atoms with E-state index in [4.69, 9.17) is 14.2 Å². The van der Waals surface area contributed by atoms with E-state index in [1.54, 1.807) is 48.5 Å². The Morgan fingerprint density at radius 3 is 2.12 bits per heavy atom. The smallest absolute Gasteiger partial charge is 0.338 e. The molecule has 0 saturated carbocycles. The fraction of sp³-hybridized carbons (Fsp3) is 0.300. The predicted molar refractivity (Wildman–Crippen MR) is 91.3 cm³/mol. The lowest BCUT2D eigenvalue weighted by atomic mass is 10.1. The monoisotopic (exact) mass is 340 g/mol. The van der Waals surface area contributed by atoms with E-state index in [9.17, 15) is 9.59 Å². The van der Waals surface area contributed by atoms with E-state index in [1.807, 2.05) is 19.1 Å². The van der Waals surface area contributed by atoms with Crippen LogP contribution in [0.4, 0.5) is 0 Å². The van der Waals surface area contributed by atoms with E-state index in [1.165, 1.54) is 0 Å². The second-order valence-electron chi connectivity index (χ2n) is 6.00. The summed E-state index contributed by atoms with van der Waals surface area (Å²) in [5.74, 6) is -0.820. The molecule has 0 radical (unpaired) electrons. The van der Waals surface area contributed by atoms with E-state index >= 15 is 0 Å². The van der Waals surface area contributed by atoms with Gasteiger partial charge in [-0.15, -0.1) is 0 Å². The molecule has 0 aliphatic carbocycles. The Morgan fingerprint density at radius 1 is 0.960 bits per heavy atom. The molecule has 0 bridgehead atoms. The summed E-state index contributed by atoms with van der Waals surface area (Å²) < 4.78 is 16.6. The van der Waals surface area contributed by atoms with Crippen LogP contribution in [0, 0.1) is 0 Å². The van der Waals surface area contributed by atoms with Crippen LogP contribution in [0.3, 0.4) is 0 Å². The van der Waals surface area contributed by atoms with Crippen LogP contribution in [0.15, 0.2) is 60.7 Å². The van der Waals surface area contributed by atoms with Crippen molar-refractivity contribution >= 4 is 11.9 Å². The van der Waals surface area contributed by atoms with Crippen LogP contribution < -0.4 is 0 Å². The Kier molecular flexibility index (Phi) is 5.46. The quantitative estimate of drug-likeness (QED) is 0.782. The molecule has 5 heteroatoms. The fourth-order valence-electron chi connectivity index (χ4n) is 2.79. The molecule has 1 fully saturated rings. The molecule has 3 atom stereocenters. The van der Waals surface area contributed by atoms with Crippen LogP contribution in [0.1, 0.15) is 34.1 Å². The van der Waals surface area contributed by atoms with Crippen molar-refractivity contribution in [2.75, 3.05) is 6.61 Å². The molecule has 130 valence electrons. The second kappa shape index (κ2) is 7.94. The molecule has 2 aromatic rings. The Morgan fingerprint density at radius 2 is 1.52 bits per heavy atom. The molecule has 0 aromatic heterocycles. The van der Waals surface area contributed by atoms with Gasteiger partial charge in [-0.2, -0.15) is 0 Å². The summed E-state index contributed by atoms with van der Waals surface area (Å²) in [6.45, 7) is 1.95. The molecule has 0 amide bonds. The first-order chi connectivity index (χ1) is 12.1. The Labute approximate surface area is 146 Å². The van der Waals surface area contributed by atoms with E-state index in [2.05, 4.69) is 0 Å². The van der Waals surface area contributed by atoms with E-state index in [-0.39, 0.29) is 12.7 Å². The Bertz CT molecular complexity index is 713. The lowest BCUT2D eigenvalue weighted by molar-refractivity contribution is -0.0394. The van der Waals surface area contributed by atoms with E-state index < -0.39 is 24.1 Å². The third-order valence-electron chi connectivity index (χ3n) is 4.04. The summed E-state index contributed by atoms with van der Waals surface area (Å²) >= 11 is 0. The highest BCUT2D eigenvalue weighted by Crippen LogP contribution is 2.24. The molecular weight excluding hydrogens is 320 g/mol. The Hall–Kier alpha value is -2.66. The zero-order valence-electron chi connectivity index (χ0n) is 14.0. The van der Waals surface area contributed by atoms with Gasteiger partial charge < -0.3 is 14.2 Å². The number of ether oxygens (including phenoxy) is 3. The van der Waals surface area contributed by atoms with Crippen molar-refractivity contribution < 1.29 is 23.8 Å². The van der Waals surface area contributed by atoms with Crippen molar-refractivity contribution in [3.05, 3.63) is 71.8 Å². The predicted octanol–water partition coefficient (Wildman–Crippen LogP) is 3.25. The van der Waals surface area contributed by atoms with Crippen LogP contribution in [0.2, 0.25) is 0 Å². The van der Waals surface area contributed by atoms with Gasteiger partial charge in [0.05, 0.1) is 17.2 Å². The van der Waals surface area contributed by atoms with Crippen LogP contribution in [-0.4, -0.2) is 36.9 Å². The third-order valence-corrected chi connectivity index (χ3v) is 4.04. The van der Waals surface area contributed by atoms with Gasteiger partial charge >= 0.3 is 11.9 Å². The maximum Gasteiger partial charge on any atom is 0.338 e. The van der Waals surface area contributed by atoms with Gasteiger partial charge in [0.1, 0.15) is 18.8 Å². The summed E-state index contributed by atoms with van der Waals surface area (Å²) in [5, 5.41) is 0. The first-order valence-corrected chi connectivity index (χ1v) is 8.27. The maximum absolute atomic E-state index is 12.2. The number of esters is 2. The van der Waals surface area contributed by atoms with Crippen molar-refractivity contribution in [3.63, 3.8) is 0 Å². The van der Waals surface area contributed by atoms with Crippen LogP contribution in [-0.2, 0) is 14.2 Å². The third kappa shape index (κ3) is 4.45. The average molecular weight is 340 g/mol. The van der Waals surface area contributed by atoms with Crippen molar-refractivity contribution in [2.45, 2.75) is 31.7 Å². The zero-order valence-corrected chi connectivity index (χ0v) is 14.0. The lowest BCUT2D eigenvalue weighted by Gasteiger charge is -2.19. The summed E-state index contributed by atoms with van der Waals surface area (Å²) in [4.78, 5) is 24.3. The topological polar surface area (TPSA) is 61.8 Å². The summed E-state index contributed by atoms with van der Waals surface area (Å²) in [5.41, 5.74) is 0.966. The van der Waals surface area contributed by atoms with E-state index in [0.717, 1.165) is 0 Å². The minimum atomic E-state index is -0.463. The summed E-state index contributed by atoms with van der Waals surface area (Å²) in [6, 6.07) is 17.6. The van der Waals surface area contributed by atoms with Crippen molar-refractivity contribution in [1.82, 2.24) is 0 Å². The van der Waals surface area contributed by atoms with Gasteiger partial charge in [-0.1, -0.05) is 36.4 Å². The van der Waals surface area contributed by atoms with Gasteiger partial charge in [0.25, 0.3) is 0 Å². The average Bonchev–Trinajstić information content (AvgIpc) is 3.00. The maximum atomic E-state index is 12.2. The van der Waals surface area contributed by atoms with E-state index in [0.29, 0.717) is 17.5 Å². The Balaban J connectivity index is 1.58. The van der Waals surface area contributed by atoms with Crippen LogP contribution in [0.5, 0.6) is 0 Å². The van der Waals surface area contributed by atoms with Gasteiger partial charge in [-0.05, 0) is 31.2 Å². The molecule has 3 rings (SSSR count). The molecule has 1 heterocycles. The van der Waals surface area contributed by atoms with Crippen molar-refractivity contribution in [1.29, 1.82) is 0 Å². The molecular formula is C20H20O5. The summed E-state index contributed by atoms with van der Waals surface area (Å²) in [6.07, 6.45) is -0.387. The number of carbonyl (C=O) groups is 2. The molecule has 1 aliphatic rings. The number of rotatable bonds is 5. The number of carbonyl (C=O) groups excluding carboxylic acids is 2. The molecule has 25 heavy (non-hydrogen) atoms. The molecule has 0 spiro atoms. The number of hydrogen-bond donors (Lipinski definition) is 0. The number of benzene rings is 2. The highest BCUT2D eigenvalue weighted by Gasteiger charge is 2.37. The molecule has 1 unspecified atom stereocenters. The molecule has 5 nitrogen and oxygen atoms in total. The van der Waals surface area contributed by atoms with Crippen LogP contribution >= 0.6 is 0 Å².